The van der Waals surface area contributed by atoms with Gasteiger partial charge in [-0.1, -0.05) is 6.07 Å². The molecule has 0 aliphatic heterocycles. The number of anilines is 2. The number of methoxy groups -OCH3 is 1. The average Bonchev–Trinajstić information content (AvgIpc) is 2.63. The molecule has 0 aliphatic rings. The van der Waals surface area contributed by atoms with E-state index in [9.17, 15) is 21.6 Å². The summed E-state index contributed by atoms with van der Waals surface area (Å²) in [7, 11) is -4.65. The van der Waals surface area contributed by atoms with Crippen LogP contribution >= 0.6 is 0 Å². The molecule has 2 aromatic carbocycles. The highest BCUT2D eigenvalue weighted by atomic mass is 32.2. The Kier molecular flexibility index (Phi) is 7.11. The Bertz CT molecular complexity index is 1160. The van der Waals surface area contributed by atoms with Crippen molar-refractivity contribution in [3.8, 4) is 5.75 Å². The van der Waals surface area contributed by atoms with Gasteiger partial charge in [0.15, 0.2) is 0 Å². The molecule has 0 aliphatic carbocycles. The quantitative estimate of drug-likeness (QED) is 0.627. The molecule has 0 unspecified atom stereocenters. The molecule has 0 aromatic heterocycles. The largest absolute Gasteiger partial charge is 0.494 e. The van der Waals surface area contributed by atoms with Crippen molar-refractivity contribution < 1.29 is 26.4 Å². The maximum absolute atomic E-state index is 12.7. The fraction of sp³-hybridized carbons (Fsp3) is 0.316. The molecule has 2 rings (SSSR count). The Labute approximate surface area is 177 Å². The molecular weight excluding hydrogens is 430 g/mol. The summed E-state index contributed by atoms with van der Waals surface area (Å²) < 4.78 is 56.7. The third-order valence-corrected chi connectivity index (χ3v) is 6.72. The van der Waals surface area contributed by atoms with Gasteiger partial charge in [0, 0.05) is 18.8 Å². The summed E-state index contributed by atoms with van der Waals surface area (Å²) in [5, 5.41) is 2.58. The molecule has 0 atom stereocenters. The first-order valence-electron chi connectivity index (χ1n) is 8.83. The normalized spacial score (nSPS) is 11.9. The molecule has 11 heteroatoms. The number of nitrogens with zero attached hydrogens (tertiary/aromatic N) is 1. The van der Waals surface area contributed by atoms with E-state index in [0.29, 0.717) is 5.69 Å². The molecule has 2 N–H and O–H groups in total. The van der Waals surface area contributed by atoms with Crippen molar-refractivity contribution in [2.75, 3.05) is 37.0 Å². The first-order valence-corrected chi connectivity index (χ1v) is 12.2. The lowest BCUT2D eigenvalue weighted by Crippen LogP contribution is -2.35. The molecule has 30 heavy (non-hydrogen) atoms. The van der Waals surface area contributed by atoms with Crippen LogP contribution < -0.4 is 14.8 Å². The van der Waals surface area contributed by atoms with E-state index in [2.05, 4.69) is 10.0 Å². The van der Waals surface area contributed by atoms with Gasteiger partial charge in [0.2, 0.25) is 26.0 Å². The number of rotatable bonds is 8. The van der Waals surface area contributed by atoms with Crippen molar-refractivity contribution in [3.63, 3.8) is 0 Å². The predicted octanol–water partition coefficient (Wildman–Crippen LogP) is 1.94. The van der Waals surface area contributed by atoms with Crippen molar-refractivity contribution in [3.05, 3.63) is 47.5 Å². The number of benzene rings is 2. The topological polar surface area (TPSA) is 122 Å². The van der Waals surface area contributed by atoms with E-state index in [4.69, 9.17) is 4.74 Å². The first kappa shape index (κ1) is 23.6. The van der Waals surface area contributed by atoms with Crippen LogP contribution in [0.15, 0.2) is 41.3 Å². The van der Waals surface area contributed by atoms with Gasteiger partial charge in [-0.3, -0.25) is 9.52 Å². The molecule has 0 saturated carbocycles. The molecule has 0 spiro atoms. The number of aryl methyl sites for hydroxylation is 2. The minimum Gasteiger partial charge on any atom is -0.494 e. The number of nitrogens with one attached hydrogen (secondary N) is 2. The Morgan fingerprint density at radius 3 is 2.27 bits per heavy atom. The second kappa shape index (κ2) is 9.02. The third-order valence-electron chi connectivity index (χ3n) is 4.33. The van der Waals surface area contributed by atoms with Crippen molar-refractivity contribution >= 4 is 37.3 Å². The first-order chi connectivity index (χ1) is 13.8. The number of carbonyl (C=O) groups is 1. The highest BCUT2D eigenvalue weighted by molar-refractivity contribution is 7.92. The van der Waals surface area contributed by atoms with E-state index < -0.39 is 32.5 Å². The monoisotopic (exact) mass is 455 g/mol. The minimum atomic E-state index is -3.83. The van der Waals surface area contributed by atoms with Gasteiger partial charge in [-0.15, -0.1) is 0 Å². The number of hydrogen-bond donors (Lipinski definition) is 2. The van der Waals surface area contributed by atoms with Gasteiger partial charge in [0.1, 0.15) is 5.75 Å². The molecule has 164 valence electrons. The lowest BCUT2D eigenvalue weighted by atomic mass is 10.1. The van der Waals surface area contributed by atoms with E-state index in [1.165, 1.54) is 38.4 Å². The summed E-state index contributed by atoms with van der Waals surface area (Å²) in [6.07, 6.45) is 1.01. The molecule has 0 radical (unpaired) electrons. The van der Waals surface area contributed by atoms with Gasteiger partial charge < -0.3 is 10.1 Å². The summed E-state index contributed by atoms with van der Waals surface area (Å²) in [4.78, 5) is 12.5. The summed E-state index contributed by atoms with van der Waals surface area (Å²) in [5.41, 5.74) is 2.35. The fourth-order valence-electron chi connectivity index (χ4n) is 2.60. The molecule has 0 bridgehead atoms. The van der Waals surface area contributed by atoms with Crippen molar-refractivity contribution in [1.82, 2.24) is 4.31 Å². The number of sulfonamides is 2. The van der Waals surface area contributed by atoms with Crippen LogP contribution in [0.2, 0.25) is 0 Å². The van der Waals surface area contributed by atoms with Crippen LogP contribution in [0.3, 0.4) is 0 Å². The van der Waals surface area contributed by atoms with Gasteiger partial charge in [-0.05, 0) is 49.2 Å². The molecule has 2 aromatic rings. The van der Waals surface area contributed by atoms with Gasteiger partial charge >= 0.3 is 0 Å². The van der Waals surface area contributed by atoms with Crippen LogP contribution in [0.5, 0.6) is 5.75 Å². The van der Waals surface area contributed by atoms with Crippen LogP contribution in [0.4, 0.5) is 11.4 Å². The van der Waals surface area contributed by atoms with Crippen molar-refractivity contribution in [1.29, 1.82) is 0 Å². The lowest BCUT2D eigenvalue weighted by molar-refractivity contribution is -0.116. The molecule has 0 fully saturated rings. The number of carbonyl (C=O) groups excluding carboxylic acids is 1. The minimum absolute atomic E-state index is 0.110. The van der Waals surface area contributed by atoms with E-state index in [1.807, 2.05) is 13.8 Å². The van der Waals surface area contributed by atoms with E-state index >= 15 is 0 Å². The SMILES string of the molecule is COc1cc(NC(=O)CN(C)S(=O)(=O)c2ccc(C)c(C)c2)ccc1NS(C)(=O)=O. The Morgan fingerprint density at radius 2 is 1.70 bits per heavy atom. The van der Waals surface area contributed by atoms with Gasteiger partial charge in [-0.25, -0.2) is 16.8 Å². The standard InChI is InChI=1S/C19H25N3O6S2/c1-13-6-8-16(10-14(13)2)30(26,27)22(3)12-19(23)20-15-7-9-17(18(11-15)28-4)21-29(5,24)25/h6-11,21H,12H2,1-5H3,(H,20,23). The van der Waals surface area contributed by atoms with Gasteiger partial charge in [0.05, 0.1) is 30.5 Å². The smallest absolute Gasteiger partial charge is 0.243 e. The molecule has 0 saturated heterocycles. The van der Waals surface area contributed by atoms with Gasteiger partial charge in [0.25, 0.3) is 0 Å². The zero-order chi connectivity index (χ0) is 22.7. The Morgan fingerprint density at radius 1 is 1.03 bits per heavy atom. The summed E-state index contributed by atoms with van der Waals surface area (Å²) in [5.74, 6) is -0.356. The van der Waals surface area contributed by atoms with E-state index in [1.54, 1.807) is 12.1 Å². The third kappa shape index (κ3) is 5.94. The Balaban J connectivity index is 2.13. The summed E-state index contributed by atoms with van der Waals surface area (Å²) >= 11 is 0. The number of amides is 1. The zero-order valence-electron chi connectivity index (χ0n) is 17.4. The summed E-state index contributed by atoms with van der Waals surface area (Å²) in [6, 6.07) is 9.14. The molecule has 9 nitrogen and oxygen atoms in total. The number of likely N-dealkylation sites (N-methyl/N-ethyl adjacent to an activating group) is 1. The second-order valence-electron chi connectivity index (χ2n) is 6.84. The predicted molar refractivity (Wildman–Crippen MR) is 116 cm³/mol. The van der Waals surface area contributed by atoms with Crippen LogP contribution in [0, 0.1) is 13.8 Å². The zero-order valence-corrected chi connectivity index (χ0v) is 19.0. The maximum Gasteiger partial charge on any atom is 0.243 e. The fourth-order valence-corrected chi connectivity index (χ4v) is 4.38. The van der Waals surface area contributed by atoms with Gasteiger partial charge in [-0.2, -0.15) is 4.31 Å². The van der Waals surface area contributed by atoms with E-state index in [-0.39, 0.29) is 16.3 Å². The highest BCUT2D eigenvalue weighted by Crippen LogP contribution is 2.28. The van der Waals surface area contributed by atoms with E-state index in [0.717, 1.165) is 21.7 Å². The number of hydrogen-bond acceptors (Lipinski definition) is 6. The highest BCUT2D eigenvalue weighted by Gasteiger charge is 2.23. The maximum atomic E-state index is 12.7. The van der Waals surface area contributed by atoms with Crippen LogP contribution in [-0.4, -0.2) is 54.0 Å². The molecule has 1 amide bonds. The molecule has 0 heterocycles. The van der Waals surface area contributed by atoms with Crippen molar-refractivity contribution in [2.45, 2.75) is 18.7 Å². The van der Waals surface area contributed by atoms with Crippen LogP contribution in [0.25, 0.3) is 0 Å². The number of ether oxygens (including phenoxy) is 1. The second-order valence-corrected chi connectivity index (χ2v) is 10.6. The summed E-state index contributed by atoms with van der Waals surface area (Å²) in [6.45, 7) is 3.30. The van der Waals surface area contributed by atoms with Crippen LogP contribution in [-0.2, 0) is 24.8 Å². The molecular formula is C19H25N3O6S2. The van der Waals surface area contributed by atoms with Crippen molar-refractivity contribution in [2.24, 2.45) is 0 Å². The Hall–Kier alpha value is -2.63. The average molecular weight is 456 g/mol. The lowest BCUT2D eigenvalue weighted by Gasteiger charge is -2.18. The van der Waals surface area contributed by atoms with Crippen LogP contribution in [0.1, 0.15) is 11.1 Å².